The minimum absolute atomic E-state index is 0.0967. The van der Waals surface area contributed by atoms with Gasteiger partial charge in [-0.15, -0.1) is 0 Å². The first kappa shape index (κ1) is 15.8. The van der Waals surface area contributed by atoms with Gasteiger partial charge in [-0.3, -0.25) is 4.79 Å². The number of nitrogens with zero attached hydrogens (tertiary/aromatic N) is 2. The molecule has 1 radical (unpaired) electrons. The average Bonchev–Trinajstić information content (AvgIpc) is 2.55. The third-order valence-electron chi connectivity index (χ3n) is 3.71. The highest BCUT2D eigenvalue weighted by Gasteiger charge is 2.18. The number of piperazine rings is 1. The zero-order valence-corrected chi connectivity index (χ0v) is 12.9. The van der Waals surface area contributed by atoms with Crippen LogP contribution in [0, 0.1) is 0 Å². The molecular weight excluding hydrogens is 264 g/mol. The molecule has 1 fully saturated rings. The molecule has 1 heterocycles. The van der Waals surface area contributed by atoms with E-state index in [9.17, 15) is 4.79 Å². The van der Waals surface area contributed by atoms with Crippen LogP contribution in [0.15, 0.2) is 24.3 Å². The molecule has 4 heteroatoms. The Morgan fingerprint density at radius 1 is 1.14 bits per heavy atom. The summed E-state index contributed by atoms with van der Waals surface area (Å²) in [6, 6.07) is 7.49. The van der Waals surface area contributed by atoms with Crippen molar-refractivity contribution in [2.45, 2.75) is 32.6 Å². The smallest absolute Gasteiger partial charge is 0.253 e. The summed E-state index contributed by atoms with van der Waals surface area (Å²) in [6.07, 6.45) is 4.80. The van der Waals surface area contributed by atoms with Crippen LogP contribution in [0.3, 0.4) is 0 Å². The molecule has 1 aliphatic rings. The maximum absolute atomic E-state index is 12.3. The van der Waals surface area contributed by atoms with Gasteiger partial charge >= 0.3 is 0 Å². The molecule has 1 aliphatic heterocycles. The first-order valence-electron chi connectivity index (χ1n) is 7.96. The molecule has 0 bridgehead atoms. The van der Waals surface area contributed by atoms with Crippen molar-refractivity contribution in [3.63, 3.8) is 0 Å². The highest BCUT2D eigenvalue weighted by atomic mass is 16.5. The molecule has 1 aromatic rings. The molecule has 0 spiro atoms. The zero-order chi connectivity index (χ0) is 14.9. The third-order valence-corrected chi connectivity index (χ3v) is 3.71. The van der Waals surface area contributed by atoms with Crippen molar-refractivity contribution in [1.29, 1.82) is 0 Å². The van der Waals surface area contributed by atoms with Gasteiger partial charge in [0.15, 0.2) is 0 Å². The van der Waals surface area contributed by atoms with E-state index in [1.54, 1.807) is 0 Å². The van der Waals surface area contributed by atoms with Crippen LogP contribution in [0.2, 0.25) is 0 Å². The molecule has 0 atom stereocenters. The number of amides is 1. The van der Waals surface area contributed by atoms with E-state index >= 15 is 0 Å². The van der Waals surface area contributed by atoms with Crippen molar-refractivity contribution in [3.05, 3.63) is 29.8 Å². The van der Waals surface area contributed by atoms with Crippen molar-refractivity contribution in [2.75, 3.05) is 32.8 Å². The van der Waals surface area contributed by atoms with Gasteiger partial charge in [-0.25, -0.2) is 5.32 Å². The maximum atomic E-state index is 12.3. The first-order valence-corrected chi connectivity index (χ1v) is 7.96. The second kappa shape index (κ2) is 8.67. The Morgan fingerprint density at radius 2 is 1.86 bits per heavy atom. The lowest BCUT2D eigenvalue weighted by Crippen LogP contribution is -2.43. The second-order valence-corrected chi connectivity index (χ2v) is 5.40. The molecule has 0 aromatic heterocycles. The summed E-state index contributed by atoms with van der Waals surface area (Å²) in [5.41, 5.74) is 0.732. The van der Waals surface area contributed by atoms with E-state index in [4.69, 9.17) is 4.74 Å². The minimum atomic E-state index is 0.0967. The maximum Gasteiger partial charge on any atom is 0.253 e. The number of hydrogen-bond donors (Lipinski definition) is 0. The van der Waals surface area contributed by atoms with E-state index in [0.717, 1.165) is 50.5 Å². The Labute approximate surface area is 127 Å². The molecule has 1 amide bonds. The van der Waals surface area contributed by atoms with Crippen LogP contribution in [0.25, 0.3) is 0 Å². The van der Waals surface area contributed by atoms with Crippen LogP contribution in [0.4, 0.5) is 0 Å². The summed E-state index contributed by atoms with van der Waals surface area (Å²) < 4.78 is 5.69. The van der Waals surface area contributed by atoms with Crippen LogP contribution in [0.5, 0.6) is 5.75 Å². The van der Waals surface area contributed by atoms with Crippen LogP contribution < -0.4 is 10.1 Å². The predicted molar refractivity (Wildman–Crippen MR) is 83.9 cm³/mol. The summed E-state index contributed by atoms with van der Waals surface area (Å²) in [6.45, 7) is 5.92. The molecule has 4 nitrogen and oxygen atoms in total. The Kier molecular flexibility index (Phi) is 6.54. The highest BCUT2D eigenvalue weighted by Crippen LogP contribution is 2.15. The third kappa shape index (κ3) is 5.05. The molecular formula is C17H25N2O2. The van der Waals surface area contributed by atoms with Crippen molar-refractivity contribution < 1.29 is 9.53 Å². The molecule has 1 saturated heterocycles. The quantitative estimate of drug-likeness (QED) is 0.724. The van der Waals surface area contributed by atoms with E-state index < -0.39 is 0 Å². The number of unbranched alkanes of at least 4 members (excludes halogenated alkanes) is 3. The number of hydrogen-bond acceptors (Lipinski definition) is 2. The van der Waals surface area contributed by atoms with Crippen LogP contribution >= 0.6 is 0 Å². The van der Waals surface area contributed by atoms with Gasteiger partial charge in [-0.05, 0) is 30.7 Å². The van der Waals surface area contributed by atoms with Crippen LogP contribution in [-0.2, 0) is 0 Å². The summed E-state index contributed by atoms with van der Waals surface area (Å²) in [5.74, 6) is 0.941. The molecule has 0 aliphatic carbocycles. The molecule has 0 unspecified atom stereocenters. The van der Waals surface area contributed by atoms with E-state index in [1.165, 1.54) is 19.3 Å². The molecule has 115 valence electrons. The van der Waals surface area contributed by atoms with Gasteiger partial charge in [0, 0.05) is 31.7 Å². The standard InChI is InChI=1S/C17H25N2O2/c1-2-3-4-5-14-21-16-8-6-15(7-9-16)17(20)19-12-10-18-11-13-19/h6-9H,2-5,10-14H2,1H3. The lowest BCUT2D eigenvalue weighted by molar-refractivity contribution is 0.0734. The Hall–Kier alpha value is -1.55. The highest BCUT2D eigenvalue weighted by molar-refractivity contribution is 5.94. The predicted octanol–water partition coefficient (Wildman–Crippen LogP) is 2.71. The molecule has 2 rings (SSSR count). The van der Waals surface area contributed by atoms with Gasteiger partial charge < -0.3 is 9.64 Å². The lowest BCUT2D eigenvalue weighted by Gasteiger charge is -2.26. The number of carbonyl (C=O) groups excluding carboxylic acids is 1. The van der Waals surface area contributed by atoms with Crippen molar-refractivity contribution in [3.8, 4) is 5.75 Å². The Balaban J connectivity index is 1.79. The summed E-state index contributed by atoms with van der Waals surface area (Å²) in [5, 5.41) is 4.26. The normalized spacial score (nSPS) is 15.0. The largest absolute Gasteiger partial charge is 0.494 e. The number of benzene rings is 1. The second-order valence-electron chi connectivity index (χ2n) is 5.40. The van der Waals surface area contributed by atoms with Gasteiger partial charge in [0.1, 0.15) is 5.75 Å². The van der Waals surface area contributed by atoms with E-state index in [-0.39, 0.29) is 5.91 Å². The van der Waals surface area contributed by atoms with Gasteiger partial charge in [-0.1, -0.05) is 26.2 Å². The fourth-order valence-corrected chi connectivity index (χ4v) is 2.40. The van der Waals surface area contributed by atoms with E-state index in [1.807, 2.05) is 29.2 Å². The summed E-state index contributed by atoms with van der Waals surface area (Å²) in [7, 11) is 0. The summed E-state index contributed by atoms with van der Waals surface area (Å²) >= 11 is 0. The van der Waals surface area contributed by atoms with Crippen LogP contribution in [0.1, 0.15) is 43.0 Å². The van der Waals surface area contributed by atoms with E-state index in [2.05, 4.69) is 12.2 Å². The first-order chi connectivity index (χ1) is 10.3. The number of rotatable bonds is 7. The van der Waals surface area contributed by atoms with Crippen molar-refractivity contribution in [1.82, 2.24) is 10.2 Å². The molecule has 1 aromatic carbocycles. The van der Waals surface area contributed by atoms with Gasteiger partial charge in [0.2, 0.25) is 0 Å². The topological polar surface area (TPSA) is 43.6 Å². The van der Waals surface area contributed by atoms with Crippen molar-refractivity contribution >= 4 is 5.91 Å². The fraction of sp³-hybridized carbons (Fsp3) is 0.588. The zero-order valence-electron chi connectivity index (χ0n) is 12.9. The monoisotopic (exact) mass is 289 g/mol. The Bertz CT molecular complexity index is 425. The average molecular weight is 289 g/mol. The van der Waals surface area contributed by atoms with Crippen molar-refractivity contribution in [2.24, 2.45) is 0 Å². The minimum Gasteiger partial charge on any atom is -0.494 e. The molecule has 21 heavy (non-hydrogen) atoms. The fourth-order valence-electron chi connectivity index (χ4n) is 2.40. The lowest BCUT2D eigenvalue weighted by atomic mass is 10.1. The summed E-state index contributed by atoms with van der Waals surface area (Å²) in [4.78, 5) is 14.2. The number of carbonyl (C=O) groups is 1. The van der Waals surface area contributed by atoms with Crippen LogP contribution in [-0.4, -0.2) is 43.6 Å². The molecule has 0 N–H and O–H groups in total. The van der Waals surface area contributed by atoms with Gasteiger partial charge in [-0.2, -0.15) is 0 Å². The Morgan fingerprint density at radius 3 is 2.52 bits per heavy atom. The molecule has 0 saturated carbocycles. The van der Waals surface area contributed by atoms with E-state index in [0.29, 0.717) is 0 Å². The van der Waals surface area contributed by atoms with Gasteiger partial charge in [0.25, 0.3) is 5.91 Å². The van der Waals surface area contributed by atoms with Gasteiger partial charge in [0.05, 0.1) is 6.61 Å². The number of ether oxygens (including phenoxy) is 1. The SMILES string of the molecule is CCCCCCOc1ccc(C(=O)N2CC[N]CC2)cc1.